The Morgan fingerprint density at radius 3 is 2.44 bits per heavy atom. The van der Waals surface area contributed by atoms with E-state index in [1.54, 1.807) is 30.3 Å². The summed E-state index contributed by atoms with van der Waals surface area (Å²) in [5, 5.41) is 22.3. The topological polar surface area (TPSA) is 114 Å². The maximum absolute atomic E-state index is 13.7. The zero-order valence-electron chi connectivity index (χ0n) is 17.2. The van der Waals surface area contributed by atoms with E-state index in [0.29, 0.717) is 21.3 Å². The number of halogens is 1. The molecule has 34 heavy (non-hydrogen) atoms. The number of Topliss-reactive ketones (excluding diaryl/α,β-unsaturated/α-hetero) is 1. The number of non-ortho nitro benzene ring substituents is 1. The van der Waals surface area contributed by atoms with Gasteiger partial charge in [0.2, 0.25) is 0 Å². The smallest absolute Gasteiger partial charge is 0.301 e. The number of anilines is 1. The van der Waals surface area contributed by atoms with Crippen LogP contribution in [0.3, 0.4) is 0 Å². The Balaban J connectivity index is 1.72. The van der Waals surface area contributed by atoms with Crippen molar-refractivity contribution in [2.45, 2.75) is 6.04 Å². The lowest BCUT2D eigenvalue weighted by Gasteiger charge is -2.22. The van der Waals surface area contributed by atoms with E-state index in [2.05, 4.69) is 4.98 Å². The minimum Gasteiger partial charge on any atom is -0.507 e. The first kappa shape index (κ1) is 21.4. The van der Waals surface area contributed by atoms with Crippen LogP contribution in [0.2, 0.25) is 0 Å². The number of rotatable bonds is 4. The van der Waals surface area contributed by atoms with E-state index in [9.17, 15) is 29.2 Å². The molecule has 1 N–H and O–H groups in total. The Morgan fingerprint density at radius 2 is 1.76 bits per heavy atom. The molecule has 0 radical (unpaired) electrons. The maximum Gasteiger partial charge on any atom is 0.301 e. The van der Waals surface area contributed by atoms with E-state index < -0.39 is 28.5 Å². The highest BCUT2D eigenvalue weighted by Crippen LogP contribution is 2.44. The van der Waals surface area contributed by atoms with Crippen LogP contribution in [0.1, 0.15) is 17.2 Å². The van der Waals surface area contributed by atoms with Gasteiger partial charge in [-0.1, -0.05) is 41.7 Å². The fourth-order valence-corrected chi connectivity index (χ4v) is 4.88. The summed E-state index contributed by atoms with van der Waals surface area (Å²) in [6.07, 6.45) is 0. The highest BCUT2D eigenvalue weighted by atomic mass is 32.1. The molecule has 168 valence electrons. The molecule has 1 aliphatic rings. The predicted octanol–water partition coefficient (Wildman–Crippen LogP) is 4.97. The number of nitrogens with zero attached hydrogens (tertiary/aromatic N) is 3. The molecule has 8 nitrogen and oxygen atoms in total. The summed E-state index contributed by atoms with van der Waals surface area (Å²) >= 11 is 1.02. The van der Waals surface area contributed by atoms with E-state index >= 15 is 0 Å². The third-order valence-corrected chi connectivity index (χ3v) is 6.47. The van der Waals surface area contributed by atoms with E-state index in [4.69, 9.17) is 0 Å². The first-order valence-electron chi connectivity index (χ1n) is 10.0. The number of benzene rings is 3. The number of carbonyl (C=O) groups excluding carboxylic acids is 2. The summed E-state index contributed by atoms with van der Waals surface area (Å²) < 4.78 is 14.2. The van der Waals surface area contributed by atoms with Crippen molar-refractivity contribution >= 4 is 49.8 Å². The molecular formula is C24H14FN3O5S. The average molecular weight is 475 g/mol. The van der Waals surface area contributed by atoms with Gasteiger partial charge in [-0.05, 0) is 35.9 Å². The van der Waals surface area contributed by atoms with Crippen molar-refractivity contribution in [2.75, 3.05) is 4.90 Å². The summed E-state index contributed by atoms with van der Waals surface area (Å²) in [7, 11) is 0. The number of aliphatic hydroxyl groups excluding tert-OH is 1. The van der Waals surface area contributed by atoms with Gasteiger partial charge in [0.25, 0.3) is 11.5 Å². The molecule has 0 spiro atoms. The minimum atomic E-state index is -1.09. The monoisotopic (exact) mass is 475 g/mol. The third-order valence-electron chi connectivity index (χ3n) is 5.46. The second-order valence-corrected chi connectivity index (χ2v) is 8.50. The van der Waals surface area contributed by atoms with Gasteiger partial charge in [0.1, 0.15) is 11.6 Å². The largest absolute Gasteiger partial charge is 0.507 e. The summed E-state index contributed by atoms with van der Waals surface area (Å²) in [4.78, 5) is 42.4. The molecule has 1 saturated heterocycles. The highest BCUT2D eigenvalue weighted by molar-refractivity contribution is 7.22. The van der Waals surface area contributed by atoms with Gasteiger partial charge in [-0.25, -0.2) is 9.37 Å². The van der Waals surface area contributed by atoms with E-state index in [1.165, 1.54) is 42.5 Å². The number of nitro benzene ring substituents is 1. The van der Waals surface area contributed by atoms with Crippen molar-refractivity contribution in [1.82, 2.24) is 4.98 Å². The van der Waals surface area contributed by atoms with Crippen molar-refractivity contribution in [2.24, 2.45) is 0 Å². The second kappa shape index (κ2) is 8.16. The zero-order chi connectivity index (χ0) is 24.0. The van der Waals surface area contributed by atoms with Gasteiger partial charge < -0.3 is 5.11 Å². The molecule has 10 heteroatoms. The molecule has 1 amide bonds. The van der Waals surface area contributed by atoms with Gasteiger partial charge in [0, 0.05) is 17.7 Å². The molecule has 1 aromatic heterocycles. The van der Waals surface area contributed by atoms with Crippen molar-refractivity contribution in [3.05, 3.63) is 105 Å². The predicted molar refractivity (Wildman–Crippen MR) is 124 cm³/mol. The van der Waals surface area contributed by atoms with Gasteiger partial charge in [-0.3, -0.25) is 24.6 Å². The number of aromatic nitrogens is 1. The van der Waals surface area contributed by atoms with E-state index in [1.807, 2.05) is 0 Å². The Hall–Kier alpha value is -4.44. The van der Waals surface area contributed by atoms with Gasteiger partial charge >= 0.3 is 5.91 Å². The van der Waals surface area contributed by atoms with Gasteiger partial charge in [0.05, 0.1) is 26.8 Å². The summed E-state index contributed by atoms with van der Waals surface area (Å²) in [5.74, 6) is -2.69. The van der Waals surface area contributed by atoms with Crippen LogP contribution >= 0.6 is 11.3 Å². The Bertz CT molecular complexity index is 1500. The van der Waals surface area contributed by atoms with Crippen LogP contribution in [0, 0.1) is 15.9 Å². The number of ketones is 1. The van der Waals surface area contributed by atoms with Crippen LogP contribution in [-0.4, -0.2) is 26.7 Å². The third kappa shape index (κ3) is 3.50. The van der Waals surface area contributed by atoms with Crippen molar-refractivity contribution in [3.8, 4) is 0 Å². The zero-order valence-corrected chi connectivity index (χ0v) is 18.0. The number of hydrogen-bond donors (Lipinski definition) is 1. The molecule has 5 rings (SSSR count). The maximum atomic E-state index is 13.7. The second-order valence-electron chi connectivity index (χ2n) is 7.49. The van der Waals surface area contributed by atoms with E-state index in [-0.39, 0.29) is 22.2 Å². The minimum absolute atomic E-state index is 0.137. The van der Waals surface area contributed by atoms with Crippen LogP contribution in [0.5, 0.6) is 0 Å². The quantitative estimate of drug-likeness (QED) is 0.147. The lowest BCUT2D eigenvalue weighted by Crippen LogP contribution is -2.29. The van der Waals surface area contributed by atoms with Gasteiger partial charge in [-0.2, -0.15) is 0 Å². The van der Waals surface area contributed by atoms with Crippen LogP contribution in [0.15, 0.2) is 78.4 Å². The standard InChI is InChI=1S/C24H14FN3O5S/c25-15-8-11-17-18(12-15)34-24(26-17)27-20(13-6-9-16(10-7-13)28(32)33)19(22(30)23(27)31)21(29)14-4-2-1-3-5-14/h1-12,20,29H. The molecule has 4 aromatic rings. The van der Waals surface area contributed by atoms with Gasteiger partial charge in [-0.15, -0.1) is 0 Å². The molecule has 0 aliphatic carbocycles. The lowest BCUT2D eigenvalue weighted by atomic mass is 9.95. The van der Waals surface area contributed by atoms with Crippen LogP contribution in [0.4, 0.5) is 15.2 Å². The van der Waals surface area contributed by atoms with Gasteiger partial charge in [0.15, 0.2) is 5.13 Å². The average Bonchev–Trinajstić information content (AvgIpc) is 3.37. The van der Waals surface area contributed by atoms with Crippen LogP contribution in [-0.2, 0) is 9.59 Å². The molecule has 3 aromatic carbocycles. The first-order chi connectivity index (χ1) is 16.3. The van der Waals surface area contributed by atoms with Crippen LogP contribution in [0.25, 0.3) is 16.0 Å². The molecule has 1 unspecified atom stereocenters. The molecule has 0 saturated carbocycles. The number of fused-ring (bicyclic) bond motifs is 1. The number of nitro groups is 1. The Labute approximate surface area is 195 Å². The highest BCUT2D eigenvalue weighted by Gasteiger charge is 2.48. The van der Waals surface area contributed by atoms with Crippen molar-refractivity contribution in [3.63, 3.8) is 0 Å². The number of hydrogen-bond acceptors (Lipinski definition) is 7. The van der Waals surface area contributed by atoms with Crippen LogP contribution < -0.4 is 4.90 Å². The Morgan fingerprint density at radius 1 is 1.06 bits per heavy atom. The number of aliphatic hydroxyl groups is 1. The number of amides is 1. The summed E-state index contributed by atoms with van der Waals surface area (Å²) in [6.45, 7) is 0. The lowest BCUT2D eigenvalue weighted by molar-refractivity contribution is -0.384. The normalized spacial score (nSPS) is 17.4. The molecular weight excluding hydrogens is 461 g/mol. The molecule has 2 heterocycles. The SMILES string of the molecule is O=C1C(=O)N(c2nc3ccc(F)cc3s2)C(c2ccc([N+](=O)[O-])cc2)C1=C(O)c1ccccc1. The number of thiazole rings is 1. The molecule has 0 bridgehead atoms. The molecule has 1 aliphatic heterocycles. The molecule has 1 fully saturated rings. The van der Waals surface area contributed by atoms with Crippen molar-refractivity contribution in [1.29, 1.82) is 0 Å². The summed E-state index contributed by atoms with van der Waals surface area (Å²) in [6, 6.07) is 16.5. The first-order valence-corrected chi connectivity index (χ1v) is 10.8. The number of carbonyl (C=O) groups is 2. The van der Waals surface area contributed by atoms with Crippen molar-refractivity contribution < 1.29 is 24.0 Å². The Kier molecular flexibility index (Phi) is 5.14. The summed E-state index contributed by atoms with van der Waals surface area (Å²) in [5.41, 5.74) is 0.801. The fourth-order valence-electron chi connectivity index (χ4n) is 3.86. The fraction of sp³-hybridized carbons (Fsp3) is 0.0417. The van der Waals surface area contributed by atoms with E-state index in [0.717, 1.165) is 16.2 Å². The molecule has 1 atom stereocenters.